The number of hydrogen-bond acceptors (Lipinski definition) is 5. The second-order valence-electron chi connectivity index (χ2n) is 4.80. The van der Waals surface area contributed by atoms with Gasteiger partial charge in [-0.1, -0.05) is 0 Å². The summed E-state index contributed by atoms with van der Waals surface area (Å²) >= 11 is 1.36. The highest BCUT2D eigenvalue weighted by atomic mass is 32.1. The maximum atomic E-state index is 12.1. The van der Waals surface area contributed by atoms with Crippen molar-refractivity contribution in [2.45, 2.75) is 26.7 Å². The SMILES string of the molecule is COCCCCNC(=O)c1sc(-c2ccc(C)o2)nc1C. The molecule has 2 heterocycles. The van der Waals surface area contributed by atoms with Crippen LogP contribution in [0.3, 0.4) is 0 Å². The molecule has 0 atom stereocenters. The number of unbranched alkanes of at least 4 members (excludes halogenated alkanes) is 1. The van der Waals surface area contributed by atoms with Gasteiger partial charge in [-0.15, -0.1) is 11.3 Å². The van der Waals surface area contributed by atoms with E-state index in [0.717, 1.165) is 35.9 Å². The lowest BCUT2D eigenvalue weighted by molar-refractivity contribution is 0.0954. The van der Waals surface area contributed by atoms with Crippen molar-refractivity contribution >= 4 is 17.2 Å². The Morgan fingerprint density at radius 3 is 2.86 bits per heavy atom. The van der Waals surface area contributed by atoms with Crippen LogP contribution in [0.1, 0.15) is 34.0 Å². The first-order valence-electron chi connectivity index (χ1n) is 6.93. The first-order valence-corrected chi connectivity index (χ1v) is 7.75. The molecular weight excluding hydrogens is 288 g/mol. The monoisotopic (exact) mass is 308 g/mol. The van der Waals surface area contributed by atoms with E-state index in [1.165, 1.54) is 11.3 Å². The summed E-state index contributed by atoms with van der Waals surface area (Å²) in [6.07, 6.45) is 1.84. The third-order valence-electron chi connectivity index (χ3n) is 3.01. The Kier molecular flexibility index (Phi) is 5.52. The lowest BCUT2D eigenvalue weighted by Crippen LogP contribution is -2.24. The van der Waals surface area contributed by atoms with Crippen molar-refractivity contribution in [3.05, 3.63) is 28.5 Å². The molecular formula is C15H20N2O3S. The molecule has 6 heteroatoms. The average Bonchev–Trinajstić information content (AvgIpc) is 3.04. The Bertz CT molecular complexity index is 604. The van der Waals surface area contributed by atoms with E-state index in [-0.39, 0.29) is 5.91 Å². The quantitative estimate of drug-likeness (QED) is 0.798. The van der Waals surface area contributed by atoms with Crippen molar-refractivity contribution in [3.8, 4) is 10.8 Å². The lowest BCUT2D eigenvalue weighted by Gasteiger charge is -2.03. The molecule has 2 aromatic heterocycles. The van der Waals surface area contributed by atoms with Gasteiger partial charge in [0.2, 0.25) is 0 Å². The van der Waals surface area contributed by atoms with E-state index in [1.807, 2.05) is 26.0 Å². The van der Waals surface area contributed by atoms with Gasteiger partial charge >= 0.3 is 0 Å². The highest BCUT2D eigenvalue weighted by Gasteiger charge is 2.17. The van der Waals surface area contributed by atoms with Crippen molar-refractivity contribution in [3.63, 3.8) is 0 Å². The molecule has 0 radical (unpaired) electrons. The molecule has 0 bridgehead atoms. The third kappa shape index (κ3) is 4.15. The molecule has 2 rings (SSSR count). The number of nitrogens with zero attached hydrogens (tertiary/aromatic N) is 1. The molecule has 1 N–H and O–H groups in total. The minimum absolute atomic E-state index is 0.0723. The lowest BCUT2D eigenvalue weighted by atomic mass is 10.3. The normalized spacial score (nSPS) is 10.8. The Morgan fingerprint density at radius 2 is 2.19 bits per heavy atom. The summed E-state index contributed by atoms with van der Waals surface area (Å²) in [7, 11) is 1.68. The number of nitrogens with one attached hydrogen (secondary N) is 1. The molecule has 0 aliphatic rings. The Hall–Kier alpha value is -1.66. The fourth-order valence-electron chi connectivity index (χ4n) is 1.92. The van der Waals surface area contributed by atoms with Crippen LogP contribution in [-0.2, 0) is 4.74 Å². The van der Waals surface area contributed by atoms with Gasteiger partial charge in [0, 0.05) is 20.3 Å². The van der Waals surface area contributed by atoms with Crippen molar-refractivity contribution in [1.29, 1.82) is 0 Å². The molecule has 21 heavy (non-hydrogen) atoms. The van der Waals surface area contributed by atoms with E-state index in [9.17, 15) is 4.79 Å². The maximum Gasteiger partial charge on any atom is 0.263 e. The summed E-state index contributed by atoms with van der Waals surface area (Å²) < 4.78 is 10.5. The number of methoxy groups -OCH3 is 1. The molecule has 0 aliphatic heterocycles. The molecule has 0 fully saturated rings. The number of hydrogen-bond donors (Lipinski definition) is 1. The number of carbonyl (C=O) groups excluding carboxylic acids is 1. The van der Waals surface area contributed by atoms with Crippen molar-refractivity contribution in [2.75, 3.05) is 20.3 Å². The van der Waals surface area contributed by atoms with E-state index in [1.54, 1.807) is 7.11 Å². The predicted molar refractivity (Wildman–Crippen MR) is 82.7 cm³/mol. The van der Waals surface area contributed by atoms with Crippen LogP contribution < -0.4 is 5.32 Å². The average molecular weight is 308 g/mol. The van der Waals surface area contributed by atoms with Crippen LogP contribution in [0, 0.1) is 13.8 Å². The molecule has 2 aromatic rings. The van der Waals surface area contributed by atoms with E-state index in [4.69, 9.17) is 9.15 Å². The summed E-state index contributed by atoms with van der Waals surface area (Å²) in [6, 6.07) is 3.77. The minimum Gasteiger partial charge on any atom is -0.459 e. The Balaban J connectivity index is 1.97. The number of carbonyl (C=O) groups is 1. The van der Waals surface area contributed by atoms with Crippen molar-refractivity contribution < 1.29 is 13.9 Å². The minimum atomic E-state index is -0.0723. The summed E-state index contributed by atoms with van der Waals surface area (Å²) in [5, 5.41) is 3.65. The van der Waals surface area contributed by atoms with E-state index >= 15 is 0 Å². The standard InChI is InChI=1S/C15H20N2O3S/c1-10-6-7-12(20-10)15-17-11(2)13(21-15)14(18)16-8-4-5-9-19-3/h6-7H,4-5,8-9H2,1-3H3,(H,16,18). The first kappa shape index (κ1) is 15.7. The van der Waals surface area contributed by atoms with Gasteiger partial charge in [-0.05, 0) is 38.8 Å². The van der Waals surface area contributed by atoms with Gasteiger partial charge < -0.3 is 14.5 Å². The zero-order chi connectivity index (χ0) is 15.2. The number of furan rings is 1. The van der Waals surface area contributed by atoms with Crippen LogP contribution in [0.5, 0.6) is 0 Å². The van der Waals surface area contributed by atoms with E-state index in [0.29, 0.717) is 17.2 Å². The van der Waals surface area contributed by atoms with Gasteiger partial charge in [0.15, 0.2) is 10.8 Å². The highest BCUT2D eigenvalue weighted by Crippen LogP contribution is 2.29. The fraction of sp³-hybridized carbons (Fsp3) is 0.467. The molecule has 0 saturated heterocycles. The third-order valence-corrected chi connectivity index (χ3v) is 4.19. The summed E-state index contributed by atoms with van der Waals surface area (Å²) in [5.41, 5.74) is 0.735. The molecule has 5 nitrogen and oxygen atoms in total. The van der Waals surface area contributed by atoms with Crippen LogP contribution in [0.15, 0.2) is 16.5 Å². The molecule has 1 amide bonds. The van der Waals surface area contributed by atoms with Crippen molar-refractivity contribution in [2.24, 2.45) is 0 Å². The van der Waals surface area contributed by atoms with Crippen LogP contribution in [0.4, 0.5) is 0 Å². The van der Waals surface area contributed by atoms with Crippen LogP contribution in [0.25, 0.3) is 10.8 Å². The summed E-state index contributed by atoms with van der Waals surface area (Å²) in [5.74, 6) is 1.47. The highest BCUT2D eigenvalue weighted by molar-refractivity contribution is 7.17. The van der Waals surface area contributed by atoms with E-state index in [2.05, 4.69) is 10.3 Å². The number of aromatic nitrogens is 1. The Labute approximate surface area is 128 Å². The van der Waals surface area contributed by atoms with Crippen LogP contribution in [-0.4, -0.2) is 31.2 Å². The van der Waals surface area contributed by atoms with Gasteiger partial charge in [0.1, 0.15) is 10.6 Å². The van der Waals surface area contributed by atoms with Crippen LogP contribution >= 0.6 is 11.3 Å². The Morgan fingerprint density at radius 1 is 1.38 bits per heavy atom. The maximum absolute atomic E-state index is 12.1. The van der Waals surface area contributed by atoms with Gasteiger partial charge in [-0.3, -0.25) is 4.79 Å². The predicted octanol–water partition coefficient (Wildman–Crippen LogP) is 3.18. The zero-order valence-electron chi connectivity index (χ0n) is 12.6. The largest absolute Gasteiger partial charge is 0.459 e. The smallest absolute Gasteiger partial charge is 0.263 e. The molecule has 0 spiro atoms. The van der Waals surface area contributed by atoms with Crippen LogP contribution in [0.2, 0.25) is 0 Å². The number of aryl methyl sites for hydroxylation is 2. The number of thiazole rings is 1. The molecule has 0 saturated carbocycles. The van der Waals surface area contributed by atoms with Crippen molar-refractivity contribution in [1.82, 2.24) is 10.3 Å². The van der Waals surface area contributed by atoms with Gasteiger partial charge in [0.05, 0.1) is 5.69 Å². The number of amides is 1. The summed E-state index contributed by atoms with van der Waals surface area (Å²) in [4.78, 5) is 17.2. The summed E-state index contributed by atoms with van der Waals surface area (Å²) in [6.45, 7) is 5.10. The second-order valence-corrected chi connectivity index (χ2v) is 5.80. The topological polar surface area (TPSA) is 64.4 Å². The molecule has 0 aromatic carbocycles. The molecule has 0 aliphatic carbocycles. The van der Waals surface area contributed by atoms with Gasteiger partial charge in [-0.2, -0.15) is 0 Å². The van der Waals surface area contributed by atoms with E-state index < -0.39 is 0 Å². The fourth-order valence-corrected chi connectivity index (χ4v) is 2.86. The number of ether oxygens (including phenoxy) is 1. The first-order chi connectivity index (χ1) is 10.1. The number of rotatable bonds is 7. The zero-order valence-corrected chi connectivity index (χ0v) is 13.4. The molecule has 0 unspecified atom stereocenters. The molecule has 114 valence electrons. The van der Waals surface area contributed by atoms with Gasteiger partial charge in [0.25, 0.3) is 5.91 Å². The second kappa shape index (κ2) is 7.38. The van der Waals surface area contributed by atoms with Gasteiger partial charge in [-0.25, -0.2) is 4.98 Å².